The highest BCUT2D eigenvalue weighted by atomic mass is 79.9. The molecule has 0 aromatic heterocycles. The second kappa shape index (κ2) is 11.6. The largest absolute Gasteiger partial charge is 0.483 e. The van der Waals surface area contributed by atoms with E-state index in [2.05, 4.69) is 28.2 Å². The van der Waals surface area contributed by atoms with E-state index in [1.54, 1.807) is 25.1 Å². The molecule has 2 aromatic rings. The molecule has 162 valence electrons. The van der Waals surface area contributed by atoms with Crippen molar-refractivity contribution in [3.63, 3.8) is 0 Å². The van der Waals surface area contributed by atoms with E-state index in [1.165, 1.54) is 4.90 Å². The van der Waals surface area contributed by atoms with E-state index in [-0.39, 0.29) is 25.0 Å². The van der Waals surface area contributed by atoms with Crippen LogP contribution < -0.4 is 10.1 Å². The Morgan fingerprint density at radius 2 is 1.90 bits per heavy atom. The van der Waals surface area contributed by atoms with Crippen molar-refractivity contribution in [1.29, 1.82) is 0 Å². The summed E-state index contributed by atoms with van der Waals surface area (Å²) in [4.78, 5) is 26.9. The third-order valence-electron chi connectivity index (χ3n) is 4.63. The summed E-state index contributed by atoms with van der Waals surface area (Å²) < 4.78 is 6.51. The topological polar surface area (TPSA) is 58.6 Å². The second-order valence-electron chi connectivity index (χ2n) is 6.73. The van der Waals surface area contributed by atoms with Gasteiger partial charge in [-0.3, -0.25) is 9.59 Å². The third kappa shape index (κ3) is 6.62. The van der Waals surface area contributed by atoms with Crippen molar-refractivity contribution < 1.29 is 14.3 Å². The smallest absolute Gasteiger partial charge is 0.261 e. The van der Waals surface area contributed by atoms with Crippen molar-refractivity contribution in [1.82, 2.24) is 10.2 Å². The minimum atomic E-state index is -0.696. The predicted molar refractivity (Wildman–Crippen MR) is 124 cm³/mol. The average molecular weight is 516 g/mol. The molecule has 8 heteroatoms. The molecule has 0 spiro atoms. The summed E-state index contributed by atoms with van der Waals surface area (Å²) >= 11 is 15.7. The summed E-state index contributed by atoms with van der Waals surface area (Å²) in [5, 5.41) is 3.69. The van der Waals surface area contributed by atoms with Crippen molar-refractivity contribution in [2.24, 2.45) is 0 Å². The molecule has 2 amide bonds. The van der Waals surface area contributed by atoms with Crippen molar-refractivity contribution in [3.05, 3.63) is 62.0 Å². The lowest BCUT2D eigenvalue weighted by Gasteiger charge is -2.29. The highest BCUT2D eigenvalue weighted by Gasteiger charge is 2.27. The number of hydrogen-bond donors (Lipinski definition) is 1. The zero-order chi connectivity index (χ0) is 22.3. The number of nitrogens with one attached hydrogen (secondary N) is 1. The van der Waals surface area contributed by atoms with Gasteiger partial charge in [-0.25, -0.2) is 0 Å². The quantitative estimate of drug-likeness (QED) is 0.496. The summed E-state index contributed by atoms with van der Waals surface area (Å²) in [6, 6.07) is 10.1. The monoisotopic (exact) mass is 514 g/mol. The maximum absolute atomic E-state index is 13.0. The molecule has 0 aliphatic rings. The zero-order valence-electron chi connectivity index (χ0n) is 17.2. The molecule has 1 atom stereocenters. The zero-order valence-corrected chi connectivity index (χ0v) is 20.3. The number of rotatable bonds is 9. The molecule has 0 saturated heterocycles. The number of aryl methyl sites for hydroxylation is 1. The van der Waals surface area contributed by atoms with Crippen LogP contribution in [0.25, 0.3) is 0 Å². The molecule has 0 bridgehead atoms. The van der Waals surface area contributed by atoms with Gasteiger partial charge in [-0.2, -0.15) is 0 Å². The van der Waals surface area contributed by atoms with E-state index in [0.717, 1.165) is 16.5 Å². The average Bonchev–Trinajstić information content (AvgIpc) is 2.71. The van der Waals surface area contributed by atoms with Crippen molar-refractivity contribution in [2.75, 3.05) is 13.2 Å². The first-order valence-electron chi connectivity index (χ1n) is 9.69. The fourth-order valence-corrected chi connectivity index (χ4v) is 3.85. The maximum Gasteiger partial charge on any atom is 0.261 e. The van der Waals surface area contributed by atoms with Crippen LogP contribution in [-0.2, 0) is 22.6 Å². The molecule has 0 saturated carbocycles. The molecule has 30 heavy (non-hydrogen) atoms. The molecule has 0 radical (unpaired) electrons. The fourth-order valence-electron chi connectivity index (χ4n) is 2.84. The van der Waals surface area contributed by atoms with Crippen LogP contribution in [0.3, 0.4) is 0 Å². The Balaban J connectivity index is 2.19. The Morgan fingerprint density at radius 3 is 2.50 bits per heavy atom. The summed E-state index contributed by atoms with van der Waals surface area (Å²) in [5.74, 6) is -0.00802. The van der Waals surface area contributed by atoms with Crippen LogP contribution in [0, 0.1) is 0 Å². The van der Waals surface area contributed by atoms with Crippen molar-refractivity contribution in [3.8, 4) is 5.75 Å². The molecule has 0 aliphatic heterocycles. The van der Waals surface area contributed by atoms with Gasteiger partial charge in [0.25, 0.3) is 5.91 Å². The molecule has 0 heterocycles. The lowest BCUT2D eigenvalue weighted by Crippen LogP contribution is -2.49. The minimum absolute atomic E-state index is 0.159. The number of amides is 2. The van der Waals surface area contributed by atoms with Gasteiger partial charge in [0, 0.05) is 23.1 Å². The fraction of sp³-hybridized carbons (Fsp3) is 0.364. The highest BCUT2D eigenvalue weighted by molar-refractivity contribution is 9.10. The van der Waals surface area contributed by atoms with Gasteiger partial charge in [-0.05, 0) is 71.6 Å². The van der Waals surface area contributed by atoms with Crippen LogP contribution >= 0.6 is 39.1 Å². The van der Waals surface area contributed by atoms with E-state index in [9.17, 15) is 9.59 Å². The molecule has 1 N–H and O–H groups in total. The maximum atomic E-state index is 13.0. The number of halogens is 3. The standard InChI is InChI=1S/C22H25BrCl2N2O3/c1-4-15-6-9-20(18(23)10-15)30-13-21(28)27(14(3)22(29)26-5-2)12-16-7-8-17(24)11-19(16)25/h6-11,14H,4-5,12-13H2,1-3H3,(H,26,29)/t14-/m1/s1. The number of carbonyl (C=O) groups is 2. The van der Waals surface area contributed by atoms with Crippen LogP contribution in [0.2, 0.25) is 10.0 Å². The van der Waals surface area contributed by atoms with E-state index in [1.807, 2.05) is 25.1 Å². The normalized spacial score (nSPS) is 11.7. The number of nitrogens with zero attached hydrogens (tertiary/aromatic N) is 1. The number of ether oxygens (including phenoxy) is 1. The van der Waals surface area contributed by atoms with Crippen molar-refractivity contribution in [2.45, 2.75) is 39.8 Å². The third-order valence-corrected chi connectivity index (χ3v) is 5.84. The number of hydrogen-bond acceptors (Lipinski definition) is 3. The lowest BCUT2D eigenvalue weighted by molar-refractivity contribution is -0.142. The Kier molecular flexibility index (Phi) is 9.46. The Morgan fingerprint density at radius 1 is 1.17 bits per heavy atom. The van der Waals surface area contributed by atoms with Crippen LogP contribution in [-0.4, -0.2) is 35.9 Å². The van der Waals surface area contributed by atoms with E-state index < -0.39 is 6.04 Å². The Bertz CT molecular complexity index is 908. The van der Waals surface area contributed by atoms with Crippen molar-refractivity contribution >= 4 is 50.9 Å². The molecule has 0 fully saturated rings. The van der Waals surface area contributed by atoms with E-state index in [0.29, 0.717) is 27.9 Å². The molecular weight excluding hydrogens is 491 g/mol. The number of benzene rings is 2. The number of likely N-dealkylation sites (N-methyl/N-ethyl adjacent to an activating group) is 1. The molecule has 5 nitrogen and oxygen atoms in total. The van der Waals surface area contributed by atoms with E-state index in [4.69, 9.17) is 27.9 Å². The highest BCUT2D eigenvalue weighted by Crippen LogP contribution is 2.27. The van der Waals surface area contributed by atoms with Crippen LogP contribution in [0.5, 0.6) is 5.75 Å². The number of carbonyl (C=O) groups excluding carboxylic acids is 2. The van der Waals surface area contributed by atoms with Gasteiger partial charge in [-0.1, -0.05) is 42.3 Å². The van der Waals surface area contributed by atoms with Gasteiger partial charge in [0.05, 0.1) is 4.47 Å². The molecule has 2 rings (SSSR count). The molecule has 0 aliphatic carbocycles. The van der Waals surface area contributed by atoms with Gasteiger partial charge in [0.15, 0.2) is 6.61 Å². The minimum Gasteiger partial charge on any atom is -0.483 e. The SMILES string of the molecule is CCNC(=O)[C@@H](C)N(Cc1ccc(Cl)cc1Cl)C(=O)COc1ccc(CC)cc1Br. The molecular formula is C22H25BrCl2N2O3. The second-order valence-corrected chi connectivity index (χ2v) is 8.43. The van der Waals surface area contributed by atoms with Crippen LogP contribution in [0.1, 0.15) is 31.9 Å². The first-order chi connectivity index (χ1) is 14.3. The predicted octanol–water partition coefficient (Wildman–Crippen LogP) is 5.25. The molecule has 2 aromatic carbocycles. The first kappa shape index (κ1) is 24.5. The first-order valence-corrected chi connectivity index (χ1v) is 11.2. The lowest BCUT2D eigenvalue weighted by atomic mass is 10.1. The Hall–Kier alpha value is -1.76. The van der Waals surface area contributed by atoms with Gasteiger partial charge in [0.2, 0.25) is 5.91 Å². The summed E-state index contributed by atoms with van der Waals surface area (Å²) in [6.07, 6.45) is 0.900. The summed E-state index contributed by atoms with van der Waals surface area (Å²) in [6.45, 7) is 5.99. The van der Waals surface area contributed by atoms with Gasteiger partial charge in [0.1, 0.15) is 11.8 Å². The van der Waals surface area contributed by atoms with E-state index >= 15 is 0 Å². The summed E-state index contributed by atoms with van der Waals surface area (Å²) in [7, 11) is 0. The summed E-state index contributed by atoms with van der Waals surface area (Å²) in [5.41, 5.74) is 1.85. The van der Waals surface area contributed by atoms with Gasteiger partial charge < -0.3 is 15.0 Å². The van der Waals surface area contributed by atoms with Gasteiger partial charge in [-0.15, -0.1) is 0 Å². The molecule has 0 unspecified atom stereocenters. The van der Waals surface area contributed by atoms with Crippen LogP contribution in [0.15, 0.2) is 40.9 Å². The Labute approximate surface area is 195 Å². The van der Waals surface area contributed by atoms with Crippen LogP contribution in [0.4, 0.5) is 0 Å². The van der Waals surface area contributed by atoms with Gasteiger partial charge >= 0.3 is 0 Å².